The van der Waals surface area contributed by atoms with Gasteiger partial charge < -0.3 is 10.1 Å². The lowest BCUT2D eigenvalue weighted by Gasteiger charge is -2.22. The van der Waals surface area contributed by atoms with Crippen LogP contribution in [0.2, 0.25) is 0 Å². The highest BCUT2D eigenvalue weighted by atomic mass is 32.1. The van der Waals surface area contributed by atoms with Gasteiger partial charge in [-0.05, 0) is 50.6 Å². The molecule has 0 saturated carbocycles. The van der Waals surface area contributed by atoms with Gasteiger partial charge in [-0.15, -0.1) is 11.3 Å². The Morgan fingerprint density at radius 3 is 3.00 bits per heavy atom. The van der Waals surface area contributed by atoms with E-state index >= 15 is 0 Å². The summed E-state index contributed by atoms with van der Waals surface area (Å²) in [5, 5.41) is 2.90. The highest BCUT2D eigenvalue weighted by Gasteiger charge is 2.29. The maximum Gasteiger partial charge on any atom is 0.320 e. The SMILES string of the molecule is CCOC(=O)CN1CCC[C@H]1c1ccc(C(=O)NCc2ccccn2)s1. The molecule has 0 aromatic carbocycles. The van der Waals surface area contributed by atoms with E-state index in [0.717, 1.165) is 30.0 Å². The minimum atomic E-state index is -0.190. The van der Waals surface area contributed by atoms with Crippen molar-refractivity contribution in [3.8, 4) is 0 Å². The normalized spacial score (nSPS) is 17.2. The van der Waals surface area contributed by atoms with Gasteiger partial charge in [-0.25, -0.2) is 0 Å². The Balaban J connectivity index is 1.59. The highest BCUT2D eigenvalue weighted by molar-refractivity contribution is 7.14. The van der Waals surface area contributed by atoms with Gasteiger partial charge in [-0.3, -0.25) is 19.5 Å². The molecular weight excluding hydrogens is 350 g/mol. The van der Waals surface area contributed by atoms with E-state index in [1.807, 2.05) is 37.3 Å². The van der Waals surface area contributed by atoms with E-state index in [1.165, 1.54) is 11.3 Å². The predicted molar refractivity (Wildman–Crippen MR) is 99.9 cm³/mol. The van der Waals surface area contributed by atoms with Gasteiger partial charge in [0.1, 0.15) is 0 Å². The first-order valence-corrected chi connectivity index (χ1v) is 9.66. The van der Waals surface area contributed by atoms with Gasteiger partial charge in [0.25, 0.3) is 5.91 Å². The zero-order chi connectivity index (χ0) is 18.4. The van der Waals surface area contributed by atoms with Crippen molar-refractivity contribution in [2.45, 2.75) is 32.4 Å². The Morgan fingerprint density at radius 1 is 1.35 bits per heavy atom. The van der Waals surface area contributed by atoms with Crippen molar-refractivity contribution in [2.75, 3.05) is 19.7 Å². The van der Waals surface area contributed by atoms with E-state index in [2.05, 4.69) is 15.2 Å². The second kappa shape index (κ2) is 8.91. The number of rotatable bonds is 7. The Bertz CT molecular complexity index is 747. The number of amides is 1. The van der Waals surface area contributed by atoms with E-state index in [4.69, 9.17) is 4.74 Å². The molecule has 1 saturated heterocycles. The van der Waals surface area contributed by atoms with Crippen LogP contribution in [0.25, 0.3) is 0 Å². The van der Waals surface area contributed by atoms with E-state index in [-0.39, 0.29) is 17.9 Å². The number of esters is 1. The second-order valence-corrected chi connectivity index (χ2v) is 7.25. The summed E-state index contributed by atoms with van der Waals surface area (Å²) >= 11 is 1.49. The molecule has 3 heterocycles. The lowest BCUT2D eigenvalue weighted by atomic mass is 10.2. The Hall–Kier alpha value is -2.25. The van der Waals surface area contributed by atoms with Crippen LogP contribution in [-0.2, 0) is 16.1 Å². The van der Waals surface area contributed by atoms with Gasteiger partial charge in [-0.1, -0.05) is 6.07 Å². The fraction of sp³-hybridized carbons (Fsp3) is 0.421. The molecule has 0 aliphatic carbocycles. The van der Waals surface area contributed by atoms with Crippen LogP contribution < -0.4 is 5.32 Å². The van der Waals surface area contributed by atoms with E-state index in [9.17, 15) is 9.59 Å². The van der Waals surface area contributed by atoms with Gasteiger partial charge in [0.05, 0.1) is 30.3 Å². The lowest BCUT2D eigenvalue weighted by Crippen LogP contribution is -2.30. The van der Waals surface area contributed by atoms with Gasteiger partial charge in [0.2, 0.25) is 0 Å². The smallest absolute Gasteiger partial charge is 0.320 e. The average Bonchev–Trinajstić information content (AvgIpc) is 3.30. The van der Waals surface area contributed by atoms with Gasteiger partial charge in [0.15, 0.2) is 0 Å². The fourth-order valence-corrected chi connectivity index (χ4v) is 4.22. The van der Waals surface area contributed by atoms with Crippen molar-refractivity contribution >= 4 is 23.2 Å². The molecule has 138 valence electrons. The summed E-state index contributed by atoms with van der Waals surface area (Å²) in [6.07, 6.45) is 3.75. The van der Waals surface area contributed by atoms with Gasteiger partial charge in [0, 0.05) is 17.1 Å². The number of nitrogens with one attached hydrogen (secondary N) is 1. The van der Waals surface area contributed by atoms with Crippen molar-refractivity contribution in [2.24, 2.45) is 0 Å². The number of nitrogens with zero attached hydrogens (tertiary/aromatic N) is 2. The number of thiophene rings is 1. The second-order valence-electron chi connectivity index (χ2n) is 6.14. The molecule has 0 bridgehead atoms. The quantitative estimate of drug-likeness (QED) is 0.756. The van der Waals surface area contributed by atoms with Crippen LogP contribution >= 0.6 is 11.3 Å². The summed E-state index contributed by atoms with van der Waals surface area (Å²) in [5.74, 6) is -0.286. The number of likely N-dealkylation sites (tertiary alicyclic amines) is 1. The number of hydrogen-bond donors (Lipinski definition) is 1. The first kappa shape index (κ1) is 18.5. The molecular formula is C19H23N3O3S. The summed E-state index contributed by atoms with van der Waals surface area (Å²) in [5.41, 5.74) is 0.828. The maximum atomic E-state index is 12.4. The highest BCUT2D eigenvalue weighted by Crippen LogP contribution is 2.35. The first-order chi connectivity index (χ1) is 12.7. The number of hydrogen-bond acceptors (Lipinski definition) is 6. The Morgan fingerprint density at radius 2 is 2.23 bits per heavy atom. The molecule has 7 heteroatoms. The summed E-state index contributed by atoms with van der Waals surface area (Å²) < 4.78 is 5.06. The molecule has 0 spiro atoms. The fourth-order valence-electron chi connectivity index (χ4n) is 3.12. The van der Waals surface area contributed by atoms with E-state index < -0.39 is 0 Å². The largest absolute Gasteiger partial charge is 0.465 e. The van der Waals surface area contributed by atoms with Crippen LogP contribution in [0.3, 0.4) is 0 Å². The minimum absolute atomic E-state index is 0.0955. The molecule has 2 aromatic rings. The zero-order valence-corrected chi connectivity index (χ0v) is 15.6. The maximum absolute atomic E-state index is 12.4. The third kappa shape index (κ3) is 4.68. The predicted octanol–water partition coefficient (Wildman–Crippen LogP) is 2.77. The lowest BCUT2D eigenvalue weighted by molar-refractivity contribution is -0.144. The number of ether oxygens (including phenoxy) is 1. The molecule has 1 fully saturated rings. The summed E-state index contributed by atoms with van der Waals surface area (Å²) in [6, 6.07) is 9.66. The zero-order valence-electron chi connectivity index (χ0n) is 14.8. The third-order valence-electron chi connectivity index (χ3n) is 4.34. The molecule has 1 aliphatic heterocycles. The van der Waals surface area contributed by atoms with Crippen molar-refractivity contribution in [1.82, 2.24) is 15.2 Å². The van der Waals surface area contributed by atoms with Crippen LogP contribution in [0.5, 0.6) is 0 Å². The third-order valence-corrected chi connectivity index (χ3v) is 5.52. The molecule has 1 aliphatic rings. The summed E-state index contributed by atoms with van der Waals surface area (Å²) in [6.45, 7) is 3.80. The molecule has 1 N–H and O–H groups in total. The van der Waals surface area contributed by atoms with Crippen molar-refractivity contribution < 1.29 is 14.3 Å². The monoisotopic (exact) mass is 373 g/mol. The Kier molecular flexibility index (Phi) is 6.35. The van der Waals surface area contributed by atoms with Gasteiger partial charge >= 0.3 is 5.97 Å². The number of aromatic nitrogens is 1. The first-order valence-electron chi connectivity index (χ1n) is 8.85. The van der Waals surface area contributed by atoms with Crippen LogP contribution in [0, 0.1) is 0 Å². The summed E-state index contributed by atoms with van der Waals surface area (Å²) in [7, 11) is 0. The van der Waals surface area contributed by atoms with Crippen molar-refractivity contribution in [3.05, 3.63) is 52.0 Å². The van der Waals surface area contributed by atoms with E-state index in [0.29, 0.717) is 24.6 Å². The van der Waals surface area contributed by atoms with Gasteiger partial charge in [-0.2, -0.15) is 0 Å². The molecule has 6 nitrogen and oxygen atoms in total. The molecule has 3 rings (SSSR count). The summed E-state index contributed by atoms with van der Waals surface area (Å²) in [4.78, 5) is 32.3. The molecule has 1 atom stereocenters. The molecule has 2 aromatic heterocycles. The number of carbonyl (C=O) groups excluding carboxylic acids is 2. The topological polar surface area (TPSA) is 71.5 Å². The molecule has 26 heavy (non-hydrogen) atoms. The minimum Gasteiger partial charge on any atom is -0.465 e. The standard InChI is InChI=1S/C19H23N3O3S/c1-2-25-18(23)13-22-11-5-7-15(22)16-8-9-17(26-16)19(24)21-12-14-6-3-4-10-20-14/h3-4,6,8-10,15H,2,5,7,11-13H2,1H3,(H,21,24)/t15-/m0/s1. The molecule has 0 radical (unpaired) electrons. The number of pyridine rings is 1. The van der Waals surface area contributed by atoms with Crippen LogP contribution in [0.4, 0.5) is 0 Å². The van der Waals surface area contributed by atoms with Crippen molar-refractivity contribution in [1.29, 1.82) is 0 Å². The molecule has 0 unspecified atom stereocenters. The van der Waals surface area contributed by atoms with Crippen molar-refractivity contribution in [3.63, 3.8) is 0 Å². The number of carbonyl (C=O) groups is 2. The van der Waals surface area contributed by atoms with E-state index in [1.54, 1.807) is 6.20 Å². The average molecular weight is 373 g/mol. The molecule has 1 amide bonds. The van der Waals surface area contributed by atoms with Crippen LogP contribution in [0.1, 0.15) is 46.0 Å². The van der Waals surface area contributed by atoms with Crippen LogP contribution in [-0.4, -0.2) is 41.5 Å². The Labute approximate surface area is 157 Å². The van der Waals surface area contributed by atoms with Crippen LogP contribution in [0.15, 0.2) is 36.5 Å².